The Labute approximate surface area is 142 Å². The Morgan fingerprint density at radius 2 is 1.96 bits per heavy atom. The van der Waals surface area contributed by atoms with Crippen LogP contribution in [0.5, 0.6) is 11.5 Å². The lowest BCUT2D eigenvalue weighted by atomic mass is 10.0. The smallest absolute Gasteiger partial charge is 0.325 e. The first-order valence-electron chi connectivity index (χ1n) is 8.02. The molecule has 0 amide bonds. The molecule has 2 rings (SSSR count). The Morgan fingerprint density at radius 1 is 1.29 bits per heavy atom. The molecule has 1 N–H and O–H groups in total. The van der Waals surface area contributed by atoms with E-state index in [0.717, 1.165) is 32.8 Å². The quantitative estimate of drug-likeness (QED) is 0.761. The summed E-state index contributed by atoms with van der Waals surface area (Å²) in [6.45, 7) is 4.73. The topological polar surface area (TPSA) is 71.5 Å². The number of rotatable bonds is 8. The summed E-state index contributed by atoms with van der Waals surface area (Å²) in [4.78, 5) is 15.9. The van der Waals surface area contributed by atoms with E-state index in [2.05, 4.69) is 4.90 Å². The normalized spacial score (nSPS) is 16.8. The van der Waals surface area contributed by atoms with Gasteiger partial charge in [-0.15, -0.1) is 0 Å². The van der Waals surface area contributed by atoms with Crippen molar-refractivity contribution in [2.24, 2.45) is 0 Å². The zero-order valence-corrected chi connectivity index (χ0v) is 14.5. The molecule has 1 atom stereocenters. The maximum Gasteiger partial charge on any atom is 0.325 e. The number of hydrogen-bond acceptors (Lipinski definition) is 6. The fourth-order valence-electron chi connectivity index (χ4n) is 2.86. The van der Waals surface area contributed by atoms with Gasteiger partial charge in [0.1, 0.15) is 6.04 Å². The third kappa shape index (κ3) is 4.59. The molecule has 1 aliphatic heterocycles. The fourth-order valence-corrected chi connectivity index (χ4v) is 2.86. The molecule has 134 valence electrons. The van der Waals surface area contributed by atoms with Crippen molar-refractivity contribution < 1.29 is 24.1 Å². The Balaban J connectivity index is 2.08. The third-order valence-electron chi connectivity index (χ3n) is 4.27. The second-order valence-electron chi connectivity index (χ2n) is 5.79. The molecule has 0 saturated carbocycles. The van der Waals surface area contributed by atoms with Gasteiger partial charge >= 0.3 is 5.97 Å². The van der Waals surface area contributed by atoms with Gasteiger partial charge in [0.2, 0.25) is 0 Å². The van der Waals surface area contributed by atoms with E-state index in [4.69, 9.17) is 14.2 Å². The molecular weight excluding hydrogens is 312 g/mol. The first-order valence-corrected chi connectivity index (χ1v) is 8.02. The Morgan fingerprint density at radius 3 is 2.54 bits per heavy atom. The fraction of sp³-hybridized carbons (Fsp3) is 0.588. The van der Waals surface area contributed by atoms with Crippen molar-refractivity contribution >= 4 is 5.97 Å². The van der Waals surface area contributed by atoms with E-state index in [1.165, 1.54) is 0 Å². The minimum Gasteiger partial charge on any atom is -0.493 e. The summed E-state index contributed by atoms with van der Waals surface area (Å²) in [5.74, 6) is 0.232. The lowest BCUT2D eigenvalue weighted by Crippen LogP contribution is -2.42. The second kappa shape index (κ2) is 8.86. The predicted octanol–water partition coefficient (Wildman–Crippen LogP) is 1.09. The highest BCUT2D eigenvalue weighted by atomic mass is 16.5. The number of methoxy groups -OCH3 is 2. The van der Waals surface area contributed by atoms with E-state index < -0.39 is 12.0 Å². The summed E-state index contributed by atoms with van der Waals surface area (Å²) in [7, 11) is 4.93. The van der Waals surface area contributed by atoms with Crippen LogP contribution in [0.4, 0.5) is 0 Å². The predicted molar refractivity (Wildman–Crippen MR) is 89.8 cm³/mol. The van der Waals surface area contributed by atoms with Crippen LogP contribution in [-0.4, -0.2) is 81.5 Å². The average Bonchev–Trinajstić information content (AvgIpc) is 2.60. The first kappa shape index (κ1) is 18.5. The maximum absolute atomic E-state index is 11.8. The van der Waals surface area contributed by atoms with E-state index in [-0.39, 0.29) is 0 Å². The van der Waals surface area contributed by atoms with Gasteiger partial charge in [-0.3, -0.25) is 14.6 Å². The Hall–Kier alpha value is -1.83. The molecule has 0 radical (unpaired) electrons. The van der Waals surface area contributed by atoms with Crippen molar-refractivity contribution in [3.63, 3.8) is 0 Å². The van der Waals surface area contributed by atoms with Gasteiger partial charge in [-0.05, 0) is 24.7 Å². The number of morpholine rings is 1. The molecule has 0 aliphatic carbocycles. The number of carboxylic acids is 1. The van der Waals surface area contributed by atoms with Gasteiger partial charge in [-0.25, -0.2) is 0 Å². The van der Waals surface area contributed by atoms with Crippen molar-refractivity contribution in [2.75, 3.05) is 60.7 Å². The van der Waals surface area contributed by atoms with Gasteiger partial charge in [-0.2, -0.15) is 0 Å². The molecule has 1 aromatic carbocycles. The number of carboxylic acid groups (broad SMARTS) is 1. The minimum absolute atomic E-state index is 0.530. The molecule has 0 unspecified atom stereocenters. The standard InChI is InChI=1S/C17H26N2O5/c1-18(6-7-19-8-10-24-11-9-19)16(17(20)21)13-4-5-14(22-2)15(12-13)23-3/h4-5,12,16H,6-11H2,1-3H3,(H,20,21)/t16-/m0/s1. The van der Waals surface area contributed by atoms with Gasteiger partial charge in [0.25, 0.3) is 0 Å². The molecular formula is C17H26N2O5. The van der Waals surface area contributed by atoms with E-state index in [9.17, 15) is 9.90 Å². The SMILES string of the molecule is COc1ccc([C@@H](C(=O)O)N(C)CCN2CCOCC2)cc1OC. The van der Waals surface area contributed by atoms with Crippen LogP contribution in [0.25, 0.3) is 0 Å². The van der Waals surface area contributed by atoms with Crippen molar-refractivity contribution in [1.82, 2.24) is 9.80 Å². The van der Waals surface area contributed by atoms with Crippen molar-refractivity contribution in [3.8, 4) is 11.5 Å². The number of benzene rings is 1. The largest absolute Gasteiger partial charge is 0.493 e. The van der Waals surface area contributed by atoms with Gasteiger partial charge in [0, 0.05) is 26.2 Å². The van der Waals surface area contributed by atoms with Crippen LogP contribution in [0.15, 0.2) is 18.2 Å². The molecule has 0 spiro atoms. The highest BCUT2D eigenvalue weighted by Gasteiger charge is 2.26. The van der Waals surface area contributed by atoms with Crippen LogP contribution in [0.3, 0.4) is 0 Å². The number of nitrogens with zero attached hydrogens (tertiary/aromatic N) is 2. The first-order chi connectivity index (χ1) is 11.6. The number of ether oxygens (including phenoxy) is 3. The number of likely N-dealkylation sites (N-methyl/N-ethyl adjacent to an activating group) is 1. The molecule has 0 aromatic heterocycles. The summed E-state index contributed by atoms with van der Waals surface area (Å²) in [5, 5.41) is 9.68. The maximum atomic E-state index is 11.8. The Kier molecular flexibility index (Phi) is 6.84. The molecule has 1 fully saturated rings. The molecule has 7 nitrogen and oxygen atoms in total. The van der Waals surface area contributed by atoms with Gasteiger partial charge in [-0.1, -0.05) is 6.07 Å². The van der Waals surface area contributed by atoms with Crippen LogP contribution in [0.2, 0.25) is 0 Å². The minimum atomic E-state index is -0.883. The summed E-state index contributed by atoms with van der Waals surface area (Å²) in [6, 6.07) is 4.50. The van der Waals surface area contributed by atoms with Crippen LogP contribution >= 0.6 is 0 Å². The van der Waals surface area contributed by atoms with Crippen LogP contribution in [0, 0.1) is 0 Å². The average molecular weight is 338 g/mol. The summed E-state index contributed by atoms with van der Waals surface area (Å²) in [6.07, 6.45) is 0. The lowest BCUT2D eigenvalue weighted by Gasteiger charge is -2.31. The van der Waals surface area contributed by atoms with E-state index in [1.54, 1.807) is 32.4 Å². The third-order valence-corrected chi connectivity index (χ3v) is 4.27. The molecule has 24 heavy (non-hydrogen) atoms. The molecule has 1 heterocycles. The second-order valence-corrected chi connectivity index (χ2v) is 5.79. The van der Waals surface area contributed by atoms with E-state index in [0.29, 0.717) is 23.6 Å². The summed E-state index contributed by atoms with van der Waals surface area (Å²) in [5.41, 5.74) is 0.671. The molecule has 1 aromatic rings. The van der Waals surface area contributed by atoms with Crippen LogP contribution in [0.1, 0.15) is 11.6 Å². The zero-order chi connectivity index (χ0) is 17.5. The highest BCUT2D eigenvalue weighted by Crippen LogP contribution is 2.31. The monoisotopic (exact) mass is 338 g/mol. The summed E-state index contributed by atoms with van der Waals surface area (Å²) < 4.78 is 15.8. The molecule has 1 aliphatic rings. The Bertz CT molecular complexity index is 546. The van der Waals surface area contributed by atoms with Gasteiger partial charge < -0.3 is 19.3 Å². The van der Waals surface area contributed by atoms with Gasteiger partial charge in [0.05, 0.1) is 27.4 Å². The highest BCUT2D eigenvalue weighted by molar-refractivity contribution is 5.76. The van der Waals surface area contributed by atoms with Crippen LogP contribution < -0.4 is 9.47 Å². The van der Waals surface area contributed by atoms with E-state index in [1.807, 2.05) is 11.9 Å². The number of hydrogen-bond donors (Lipinski definition) is 1. The van der Waals surface area contributed by atoms with Crippen molar-refractivity contribution in [3.05, 3.63) is 23.8 Å². The molecule has 7 heteroatoms. The number of carbonyl (C=O) groups is 1. The van der Waals surface area contributed by atoms with Gasteiger partial charge in [0.15, 0.2) is 11.5 Å². The molecule has 1 saturated heterocycles. The zero-order valence-electron chi connectivity index (χ0n) is 14.5. The number of aliphatic carboxylic acids is 1. The summed E-state index contributed by atoms with van der Waals surface area (Å²) >= 11 is 0. The van der Waals surface area contributed by atoms with E-state index >= 15 is 0 Å². The van der Waals surface area contributed by atoms with Crippen LogP contribution in [-0.2, 0) is 9.53 Å². The van der Waals surface area contributed by atoms with Crippen molar-refractivity contribution in [2.45, 2.75) is 6.04 Å². The lowest BCUT2D eigenvalue weighted by molar-refractivity contribution is -0.143. The molecule has 0 bridgehead atoms. The van der Waals surface area contributed by atoms with Crippen molar-refractivity contribution in [1.29, 1.82) is 0 Å².